The first-order chi connectivity index (χ1) is 10.0. The molecule has 7 heteroatoms. The van der Waals surface area contributed by atoms with Crippen LogP contribution in [0.3, 0.4) is 0 Å². The van der Waals surface area contributed by atoms with Gasteiger partial charge in [0.2, 0.25) is 0 Å². The Morgan fingerprint density at radius 3 is 2.62 bits per heavy atom. The molecule has 1 fully saturated rings. The second-order valence-electron chi connectivity index (χ2n) is 4.95. The number of aryl methyl sites for hydroxylation is 1. The van der Waals surface area contributed by atoms with Crippen molar-refractivity contribution in [2.75, 3.05) is 32.7 Å². The Labute approximate surface area is 122 Å². The van der Waals surface area contributed by atoms with E-state index in [1.54, 1.807) is 24.0 Å². The van der Waals surface area contributed by atoms with Crippen LogP contribution in [0.4, 0.5) is 5.69 Å². The van der Waals surface area contributed by atoms with Gasteiger partial charge in [-0.15, -0.1) is 0 Å². The Kier molecular flexibility index (Phi) is 4.50. The Morgan fingerprint density at radius 1 is 1.38 bits per heavy atom. The summed E-state index contributed by atoms with van der Waals surface area (Å²) < 4.78 is 0. The maximum atomic E-state index is 12.5. The average molecular weight is 288 g/mol. The predicted octanol–water partition coefficient (Wildman–Crippen LogP) is 1.18. The molecular weight excluding hydrogens is 272 g/mol. The molecule has 2 rings (SSSR count). The second kappa shape index (κ2) is 6.33. The molecule has 21 heavy (non-hydrogen) atoms. The first-order valence-corrected chi connectivity index (χ1v) is 6.67. The van der Waals surface area contributed by atoms with Gasteiger partial charge in [-0.3, -0.25) is 19.8 Å². The molecule has 1 aliphatic heterocycles. The number of benzene rings is 1. The van der Waals surface area contributed by atoms with Crippen molar-refractivity contribution in [3.05, 3.63) is 39.4 Å². The van der Waals surface area contributed by atoms with Gasteiger partial charge in [-0.05, 0) is 12.5 Å². The molecule has 0 bridgehead atoms. The van der Waals surface area contributed by atoms with E-state index in [0.29, 0.717) is 38.3 Å². The van der Waals surface area contributed by atoms with Gasteiger partial charge < -0.3 is 4.90 Å². The highest BCUT2D eigenvalue weighted by atomic mass is 16.6. The first-order valence-electron chi connectivity index (χ1n) is 6.67. The molecule has 1 aromatic carbocycles. The van der Waals surface area contributed by atoms with Crippen LogP contribution in [0.15, 0.2) is 18.2 Å². The minimum absolute atomic E-state index is 0.153. The fourth-order valence-corrected chi connectivity index (χ4v) is 2.45. The molecule has 0 atom stereocenters. The van der Waals surface area contributed by atoms with Crippen LogP contribution >= 0.6 is 0 Å². The molecule has 0 unspecified atom stereocenters. The first kappa shape index (κ1) is 14.9. The summed E-state index contributed by atoms with van der Waals surface area (Å²) in [6, 6.07) is 6.71. The monoisotopic (exact) mass is 288 g/mol. The maximum Gasteiger partial charge on any atom is 0.282 e. The number of hydrogen-bond donors (Lipinski definition) is 0. The van der Waals surface area contributed by atoms with Crippen LogP contribution in [-0.4, -0.2) is 53.4 Å². The topological polar surface area (TPSA) is 90.5 Å². The molecule has 0 aliphatic carbocycles. The van der Waals surface area contributed by atoms with E-state index >= 15 is 0 Å². The van der Waals surface area contributed by atoms with Gasteiger partial charge in [0, 0.05) is 32.2 Å². The molecule has 1 saturated heterocycles. The van der Waals surface area contributed by atoms with E-state index in [4.69, 9.17) is 5.26 Å². The zero-order valence-electron chi connectivity index (χ0n) is 11.8. The quantitative estimate of drug-likeness (QED) is 0.473. The van der Waals surface area contributed by atoms with E-state index in [-0.39, 0.29) is 17.2 Å². The van der Waals surface area contributed by atoms with Crippen molar-refractivity contribution in [3.8, 4) is 6.07 Å². The number of carbonyl (C=O) groups excluding carboxylic acids is 1. The number of nitro groups is 1. The van der Waals surface area contributed by atoms with Crippen LogP contribution in [0.1, 0.15) is 15.9 Å². The van der Waals surface area contributed by atoms with Crippen molar-refractivity contribution in [2.45, 2.75) is 6.92 Å². The van der Waals surface area contributed by atoms with Gasteiger partial charge in [-0.2, -0.15) is 5.26 Å². The standard InChI is InChI=1S/C14H16N4O3/c1-11-3-2-4-12(18(20)21)13(11)14(19)17-9-7-16(6-5-15)8-10-17/h2-4H,6-10H2,1H3. The van der Waals surface area contributed by atoms with E-state index in [1.165, 1.54) is 6.07 Å². The lowest BCUT2D eigenvalue weighted by atomic mass is 10.0. The molecule has 7 nitrogen and oxygen atoms in total. The van der Waals surface area contributed by atoms with E-state index in [2.05, 4.69) is 6.07 Å². The van der Waals surface area contributed by atoms with E-state index in [9.17, 15) is 14.9 Å². The minimum Gasteiger partial charge on any atom is -0.336 e. The molecular formula is C14H16N4O3. The Morgan fingerprint density at radius 2 is 2.05 bits per heavy atom. The molecule has 0 saturated carbocycles. The van der Waals surface area contributed by atoms with Gasteiger partial charge in [0.1, 0.15) is 5.56 Å². The van der Waals surface area contributed by atoms with E-state index < -0.39 is 4.92 Å². The van der Waals surface area contributed by atoms with Gasteiger partial charge in [0.15, 0.2) is 0 Å². The molecule has 110 valence electrons. The highest BCUT2D eigenvalue weighted by Gasteiger charge is 2.28. The largest absolute Gasteiger partial charge is 0.336 e. The zero-order valence-corrected chi connectivity index (χ0v) is 11.8. The molecule has 0 radical (unpaired) electrons. The normalized spacial score (nSPS) is 15.5. The highest BCUT2D eigenvalue weighted by molar-refractivity contribution is 5.99. The predicted molar refractivity (Wildman–Crippen MR) is 75.8 cm³/mol. The maximum absolute atomic E-state index is 12.5. The van der Waals surface area contributed by atoms with Gasteiger partial charge in [-0.25, -0.2) is 0 Å². The summed E-state index contributed by atoms with van der Waals surface area (Å²) in [5.41, 5.74) is 0.615. The summed E-state index contributed by atoms with van der Waals surface area (Å²) >= 11 is 0. The van der Waals surface area contributed by atoms with Crippen molar-refractivity contribution in [1.82, 2.24) is 9.80 Å². The Bertz CT molecular complexity index is 601. The summed E-state index contributed by atoms with van der Waals surface area (Å²) in [6.45, 7) is 4.22. The highest BCUT2D eigenvalue weighted by Crippen LogP contribution is 2.24. The molecule has 0 spiro atoms. The molecule has 0 aromatic heterocycles. The number of rotatable bonds is 3. The number of nitrogens with zero attached hydrogens (tertiary/aromatic N) is 4. The lowest BCUT2D eigenvalue weighted by Crippen LogP contribution is -2.48. The van der Waals surface area contributed by atoms with Crippen LogP contribution in [0.5, 0.6) is 0 Å². The van der Waals surface area contributed by atoms with Crippen LogP contribution < -0.4 is 0 Å². The van der Waals surface area contributed by atoms with Crippen LogP contribution in [0, 0.1) is 28.4 Å². The molecule has 0 N–H and O–H groups in total. The summed E-state index contributed by atoms with van der Waals surface area (Å²) in [7, 11) is 0. The fourth-order valence-electron chi connectivity index (χ4n) is 2.45. The molecule has 1 aromatic rings. The average Bonchev–Trinajstić information content (AvgIpc) is 2.47. The van der Waals surface area contributed by atoms with Gasteiger partial charge in [-0.1, -0.05) is 12.1 Å². The minimum atomic E-state index is -0.522. The Balaban J connectivity index is 2.19. The number of piperazine rings is 1. The number of nitriles is 1. The SMILES string of the molecule is Cc1cccc([N+](=O)[O-])c1C(=O)N1CCN(CC#N)CC1. The van der Waals surface area contributed by atoms with Crippen molar-refractivity contribution >= 4 is 11.6 Å². The van der Waals surface area contributed by atoms with Crippen molar-refractivity contribution in [3.63, 3.8) is 0 Å². The fraction of sp³-hybridized carbons (Fsp3) is 0.429. The van der Waals surface area contributed by atoms with Gasteiger partial charge >= 0.3 is 0 Å². The van der Waals surface area contributed by atoms with Crippen LogP contribution in [0.25, 0.3) is 0 Å². The Hall–Kier alpha value is -2.46. The summed E-state index contributed by atoms with van der Waals surface area (Å²) in [5, 5.41) is 19.7. The lowest BCUT2D eigenvalue weighted by Gasteiger charge is -2.33. The van der Waals surface area contributed by atoms with Crippen molar-refractivity contribution in [2.24, 2.45) is 0 Å². The number of nitro benzene ring substituents is 1. The number of amides is 1. The van der Waals surface area contributed by atoms with Crippen molar-refractivity contribution < 1.29 is 9.72 Å². The lowest BCUT2D eigenvalue weighted by molar-refractivity contribution is -0.385. The number of carbonyl (C=O) groups is 1. The number of hydrogen-bond acceptors (Lipinski definition) is 5. The van der Waals surface area contributed by atoms with E-state index in [1.807, 2.05) is 4.90 Å². The third kappa shape index (κ3) is 3.17. The van der Waals surface area contributed by atoms with Gasteiger partial charge in [0.25, 0.3) is 11.6 Å². The second-order valence-corrected chi connectivity index (χ2v) is 4.95. The van der Waals surface area contributed by atoms with Crippen LogP contribution in [0.2, 0.25) is 0 Å². The van der Waals surface area contributed by atoms with E-state index in [0.717, 1.165) is 0 Å². The van der Waals surface area contributed by atoms with Crippen molar-refractivity contribution in [1.29, 1.82) is 5.26 Å². The zero-order chi connectivity index (χ0) is 15.4. The summed E-state index contributed by atoms with van der Waals surface area (Å²) in [4.78, 5) is 26.7. The summed E-state index contributed by atoms with van der Waals surface area (Å²) in [6.07, 6.45) is 0. The van der Waals surface area contributed by atoms with Gasteiger partial charge in [0.05, 0.1) is 17.5 Å². The van der Waals surface area contributed by atoms with Crippen LogP contribution in [-0.2, 0) is 0 Å². The smallest absolute Gasteiger partial charge is 0.282 e. The molecule has 1 amide bonds. The molecule has 1 aliphatic rings. The summed E-state index contributed by atoms with van der Waals surface area (Å²) in [5.74, 6) is -0.309. The molecule has 1 heterocycles. The third-order valence-corrected chi connectivity index (χ3v) is 3.62. The third-order valence-electron chi connectivity index (χ3n) is 3.62.